The van der Waals surface area contributed by atoms with E-state index in [0.717, 1.165) is 60.6 Å². The van der Waals surface area contributed by atoms with Gasteiger partial charge in [0, 0.05) is 28.3 Å². The Bertz CT molecular complexity index is 2140. The van der Waals surface area contributed by atoms with Gasteiger partial charge in [0.1, 0.15) is 5.69 Å². The van der Waals surface area contributed by atoms with E-state index in [2.05, 4.69) is 52.6 Å². The van der Waals surface area contributed by atoms with Gasteiger partial charge in [0.25, 0.3) is 0 Å². The summed E-state index contributed by atoms with van der Waals surface area (Å²) in [6.07, 6.45) is 1.76. The Kier molecular flexibility index (Phi) is 5.35. The van der Waals surface area contributed by atoms with E-state index in [1.54, 1.807) is 6.20 Å². The molecule has 3 aromatic heterocycles. The molecular weight excluding hydrogens is 506 g/mol. The normalized spacial score (nSPS) is 11.4. The monoisotopic (exact) mass is 527 g/mol. The lowest BCUT2D eigenvalue weighted by atomic mass is 9.97. The van der Waals surface area contributed by atoms with Crippen molar-refractivity contribution in [2.24, 2.45) is 0 Å². The second-order valence-corrected chi connectivity index (χ2v) is 9.83. The Morgan fingerprint density at radius 1 is 0.488 bits per heavy atom. The summed E-state index contributed by atoms with van der Waals surface area (Å²) < 4.78 is 5.99. The predicted octanol–water partition coefficient (Wildman–Crippen LogP) is 8.38. The molecule has 0 saturated carbocycles. The number of rotatable bonds is 4. The first-order chi connectivity index (χ1) is 20.3. The van der Waals surface area contributed by atoms with E-state index < -0.39 is 0 Å². The van der Waals surface area contributed by atoms with Crippen LogP contribution in [-0.4, -0.2) is 25.1 Å². The van der Waals surface area contributed by atoms with Crippen LogP contribution in [0.25, 0.3) is 78.1 Å². The molecule has 0 amide bonds. The van der Waals surface area contributed by atoms with Gasteiger partial charge in [0.05, 0.1) is 11.1 Å². The highest BCUT2D eigenvalue weighted by Crippen LogP contribution is 2.37. The maximum atomic E-state index is 5.99. The summed E-state index contributed by atoms with van der Waals surface area (Å²) in [7, 11) is 0. The van der Waals surface area contributed by atoms with Crippen LogP contribution in [0.15, 0.2) is 132 Å². The van der Waals surface area contributed by atoms with Gasteiger partial charge in [-0.25, -0.2) is 15.0 Å². The minimum Gasteiger partial charge on any atom is -0.355 e. The number of hydrogen-bond acceptors (Lipinski definition) is 6. The van der Waals surface area contributed by atoms with E-state index >= 15 is 0 Å². The van der Waals surface area contributed by atoms with E-state index in [-0.39, 0.29) is 0 Å². The minimum atomic E-state index is 0.607. The molecular formula is C35H21N5O. The molecule has 0 aliphatic heterocycles. The Hall–Kier alpha value is -5.75. The fraction of sp³-hybridized carbons (Fsp3) is 0. The van der Waals surface area contributed by atoms with Crippen LogP contribution < -0.4 is 0 Å². The lowest BCUT2D eigenvalue weighted by Crippen LogP contribution is -2.00. The Labute approximate surface area is 235 Å². The summed E-state index contributed by atoms with van der Waals surface area (Å²) in [5, 5.41) is 9.54. The maximum Gasteiger partial charge on any atom is 0.176 e. The van der Waals surface area contributed by atoms with Crippen molar-refractivity contribution in [1.82, 2.24) is 25.1 Å². The molecule has 41 heavy (non-hydrogen) atoms. The molecule has 0 aliphatic carbocycles. The number of fused-ring (bicyclic) bond motifs is 5. The summed E-state index contributed by atoms with van der Waals surface area (Å²) in [6.45, 7) is 0. The molecule has 6 nitrogen and oxygen atoms in total. The van der Waals surface area contributed by atoms with Crippen LogP contribution in [0.3, 0.4) is 0 Å². The number of benzene rings is 5. The Morgan fingerprint density at radius 3 is 1.78 bits per heavy atom. The van der Waals surface area contributed by atoms with Gasteiger partial charge in [-0.1, -0.05) is 102 Å². The number of aromatic nitrogens is 5. The third kappa shape index (κ3) is 4.01. The van der Waals surface area contributed by atoms with E-state index in [4.69, 9.17) is 19.5 Å². The first-order valence-electron chi connectivity index (χ1n) is 13.4. The summed E-state index contributed by atoms with van der Waals surface area (Å²) in [6, 6.07) is 40.5. The average Bonchev–Trinajstić information content (AvgIpc) is 3.50. The second kappa shape index (κ2) is 9.47. The third-order valence-electron chi connectivity index (χ3n) is 7.30. The predicted molar refractivity (Wildman–Crippen MR) is 162 cm³/mol. The van der Waals surface area contributed by atoms with Crippen LogP contribution in [0.1, 0.15) is 0 Å². The van der Waals surface area contributed by atoms with Crippen LogP contribution in [-0.2, 0) is 0 Å². The van der Waals surface area contributed by atoms with Gasteiger partial charge in [-0.05, 0) is 40.4 Å². The van der Waals surface area contributed by atoms with Crippen molar-refractivity contribution in [3.63, 3.8) is 0 Å². The largest absolute Gasteiger partial charge is 0.355 e. The lowest BCUT2D eigenvalue weighted by Gasteiger charge is -2.10. The maximum absolute atomic E-state index is 5.99. The molecule has 0 saturated heterocycles. The number of nitrogens with zero attached hydrogens (tertiary/aromatic N) is 5. The van der Waals surface area contributed by atoms with Crippen molar-refractivity contribution in [2.45, 2.75) is 0 Å². The Balaban J connectivity index is 1.36. The molecule has 6 heteroatoms. The van der Waals surface area contributed by atoms with Gasteiger partial charge in [-0.2, -0.15) is 0 Å². The molecule has 0 fully saturated rings. The first-order valence-corrected chi connectivity index (χ1v) is 13.4. The summed E-state index contributed by atoms with van der Waals surface area (Å²) in [5.74, 6) is 1.87. The molecule has 8 aromatic rings. The molecule has 5 aromatic carbocycles. The van der Waals surface area contributed by atoms with Crippen LogP contribution in [0, 0.1) is 0 Å². The van der Waals surface area contributed by atoms with Crippen molar-refractivity contribution in [1.29, 1.82) is 0 Å². The SMILES string of the molecule is c1ccc(-c2nc(-c3ccccc3)nc(-c3ccc4ccc5ccc6c(-c7ccccn7)noc6c5c4c3)n2)cc1. The van der Waals surface area contributed by atoms with Crippen molar-refractivity contribution in [2.75, 3.05) is 0 Å². The van der Waals surface area contributed by atoms with Crippen molar-refractivity contribution < 1.29 is 4.52 Å². The summed E-state index contributed by atoms with van der Waals surface area (Å²) >= 11 is 0. The molecule has 8 rings (SSSR count). The highest BCUT2D eigenvalue weighted by molar-refractivity contribution is 6.20. The van der Waals surface area contributed by atoms with Crippen LogP contribution in [0.5, 0.6) is 0 Å². The molecule has 0 spiro atoms. The van der Waals surface area contributed by atoms with E-state index in [9.17, 15) is 0 Å². The minimum absolute atomic E-state index is 0.607. The van der Waals surface area contributed by atoms with Gasteiger partial charge in [0.15, 0.2) is 23.1 Å². The van der Waals surface area contributed by atoms with Gasteiger partial charge in [-0.3, -0.25) is 4.98 Å². The third-order valence-corrected chi connectivity index (χ3v) is 7.30. The Morgan fingerprint density at radius 2 is 1.10 bits per heavy atom. The fourth-order valence-electron chi connectivity index (χ4n) is 5.30. The number of pyridine rings is 1. The molecule has 192 valence electrons. The van der Waals surface area contributed by atoms with Crippen LogP contribution in [0.4, 0.5) is 0 Å². The lowest BCUT2D eigenvalue weighted by molar-refractivity contribution is 0.461. The zero-order valence-electron chi connectivity index (χ0n) is 21.8. The second-order valence-electron chi connectivity index (χ2n) is 9.83. The van der Waals surface area contributed by atoms with Crippen LogP contribution in [0.2, 0.25) is 0 Å². The highest BCUT2D eigenvalue weighted by Gasteiger charge is 2.17. The molecule has 0 atom stereocenters. The summed E-state index contributed by atoms with van der Waals surface area (Å²) in [4.78, 5) is 19.2. The van der Waals surface area contributed by atoms with E-state index in [1.807, 2.05) is 78.9 Å². The highest BCUT2D eigenvalue weighted by atomic mass is 16.5. The fourth-order valence-corrected chi connectivity index (χ4v) is 5.30. The zero-order valence-corrected chi connectivity index (χ0v) is 21.8. The van der Waals surface area contributed by atoms with E-state index in [1.165, 1.54) is 0 Å². The molecule has 0 unspecified atom stereocenters. The molecule has 0 N–H and O–H groups in total. The van der Waals surface area contributed by atoms with Gasteiger partial charge in [0.2, 0.25) is 0 Å². The number of hydrogen-bond donors (Lipinski definition) is 0. The molecule has 3 heterocycles. The average molecular weight is 528 g/mol. The topological polar surface area (TPSA) is 77.6 Å². The quantitative estimate of drug-likeness (QED) is 0.214. The van der Waals surface area contributed by atoms with Gasteiger partial charge < -0.3 is 4.52 Å². The smallest absolute Gasteiger partial charge is 0.176 e. The zero-order chi connectivity index (χ0) is 27.2. The van der Waals surface area contributed by atoms with Crippen molar-refractivity contribution in [3.8, 4) is 45.6 Å². The van der Waals surface area contributed by atoms with Crippen molar-refractivity contribution in [3.05, 3.63) is 128 Å². The molecule has 0 radical (unpaired) electrons. The van der Waals surface area contributed by atoms with Crippen molar-refractivity contribution >= 4 is 32.5 Å². The van der Waals surface area contributed by atoms with Gasteiger partial charge >= 0.3 is 0 Å². The standard InChI is InChI=1S/C35H21N5O/c1-3-9-24(10-4-1)33-37-34(25-11-5-2-6-12-25)39-35(38-33)26-17-15-22-14-16-23-18-19-27-31(29-13-7-8-20-36-29)40-41-32(27)30(23)28(22)21-26/h1-21H. The molecule has 0 bridgehead atoms. The first kappa shape index (κ1) is 23.2. The molecule has 0 aliphatic rings. The van der Waals surface area contributed by atoms with Gasteiger partial charge in [-0.15, -0.1) is 0 Å². The summed E-state index contributed by atoms with van der Waals surface area (Å²) in [5.41, 5.74) is 5.00. The van der Waals surface area contributed by atoms with Crippen LogP contribution >= 0.6 is 0 Å². The van der Waals surface area contributed by atoms with E-state index in [0.29, 0.717) is 17.5 Å².